The number of fused-ring (bicyclic) bond motifs is 4. The molecule has 9 heteroatoms. The van der Waals surface area contributed by atoms with Crippen LogP contribution in [0.5, 0.6) is 11.9 Å². The zero-order chi connectivity index (χ0) is 25.4. The van der Waals surface area contributed by atoms with Gasteiger partial charge < -0.3 is 14.0 Å². The minimum atomic E-state index is 0.236. The van der Waals surface area contributed by atoms with Crippen LogP contribution in [0.1, 0.15) is 43.0 Å². The molecule has 3 saturated heterocycles. The van der Waals surface area contributed by atoms with Gasteiger partial charge in [-0.15, -0.1) is 0 Å². The summed E-state index contributed by atoms with van der Waals surface area (Å²) in [6.45, 7) is 10.6. The fraction of sp³-hybridized carbons (Fsp3) is 0.464. The SMILES string of the molecule is CCCOc1nc(C)c2nc(-c3cncc(C)c3)n(Cc3ccc(O[C@@H]4CN5CCC4CC5)nc3)c2n1. The Morgan fingerprint density at radius 3 is 2.59 bits per heavy atom. The Morgan fingerprint density at radius 1 is 1.03 bits per heavy atom. The van der Waals surface area contributed by atoms with E-state index >= 15 is 0 Å². The number of aryl methyl sites for hydroxylation is 2. The number of aromatic nitrogens is 6. The summed E-state index contributed by atoms with van der Waals surface area (Å²) < 4.78 is 14.2. The van der Waals surface area contributed by atoms with Crippen molar-refractivity contribution < 1.29 is 9.47 Å². The van der Waals surface area contributed by atoms with Crippen LogP contribution in [0.2, 0.25) is 0 Å². The van der Waals surface area contributed by atoms with Crippen LogP contribution in [0.15, 0.2) is 36.8 Å². The molecule has 0 unspecified atom stereocenters. The van der Waals surface area contributed by atoms with E-state index in [2.05, 4.69) is 43.5 Å². The van der Waals surface area contributed by atoms with Gasteiger partial charge in [0.25, 0.3) is 0 Å². The first-order valence-corrected chi connectivity index (χ1v) is 13.2. The van der Waals surface area contributed by atoms with Gasteiger partial charge in [-0.3, -0.25) is 9.88 Å². The van der Waals surface area contributed by atoms with Crippen molar-refractivity contribution in [2.75, 3.05) is 26.2 Å². The number of piperidine rings is 3. The molecule has 9 nitrogen and oxygen atoms in total. The molecule has 7 rings (SSSR count). The molecule has 0 spiro atoms. The fourth-order valence-electron chi connectivity index (χ4n) is 5.37. The van der Waals surface area contributed by atoms with Gasteiger partial charge in [-0.05, 0) is 69.3 Å². The van der Waals surface area contributed by atoms with E-state index < -0.39 is 0 Å². The Labute approximate surface area is 216 Å². The second-order valence-electron chi connectivity index (χ2n) is 10.2. The zero-order valence-electron chi connectivity index (χ0n) is 21.7. The van der Waals surface area contributed by atoms with E-state index in [1.165, 1.54) is 25.9 Å². The lowest BCUT2D eigenvalue weighted by molar-refractivity contribution is -0.00994. The summed E-state index contributed by atoms with van der Waals surface area (Å²) in [4.78, 5) is 25.8. The van der Waals surface area contributed by atoms with Crippen LogP contribution in [0.25, 0.3) is 22.6 Å². The second-order valence-corrected chi connectivity index (χ2v) is 10.2. The number of imidazole rings is 1. The van der Waals surface area contributed by atoms with Crippen molar-refractivity contribution in [3.63, 3.8) is 0 Å². The molecular weight excluding hydrogens is 466 g/mol. The van der Waals surface area contributed by atoms with Crippen LogP contribution in [0, 0.1) is 19.8 Å². The number of rotatable bonds is 8. The minimum absolute atomic E-state index is 0.236. The van der Waals surface area contributed by atoms with Crippen molar-refractivity contribution in [1.29, 1.82) is 0 Å². The summed E-state index contributed by atoms with van der Waals surface area (Å²) in [5.41, 5.74) is 5.33. The van der Waals surface area contributed by atoms with E-state index in [0.29, 0.717) is 31.0 Å². The number of ether oxygens (including phenoxy) is 2. The van der Waals surface area contributed by atoms with E-state index in [-0.39, 0.29) is 6.10 Å². The second kappa shape index (κ2) is 10.0. The van der Waals surface area contributed by atoms with E-state index in [0.717, 1.165) is 52.3 Å². The lowest BCUT2D eigenvalue weighted by atomic mass is 9.86. The van der Waals surface area contributed by atoms with Crippen molar-refractivity contribution >= 4 is 11.2 Å². The normalized spacial score (nSPS) is 20.9. The standard InChI is InChI=1S/C28H33N7O2/c1-4-11-36-28-31-19(3)25-27(33-28)35(26(32-25)22-12-18(2)13-29-15-22)16-20-5-6-24(30-14-20)37-23-17-34-9-7-21(23)8-10-34/h5-6,12-15,21,23H,4,7-11,16-17H2,1-3H3/t23-/m1/s1. The maximum atomic E-state index is 6.31. The van der Waals surface area contributed by atoms with Crippen LogP contribution in [0.3, 0.4) is 0 Å². The molecule has 4 aromatic rings. The Balaban J connectivity index is 1.32. The van der Waals surface area contributed by atoms with Gasteiger partial charge in [0.15, 0.2) is 5.65 Å². The lowest BCUT2D eigenvalue weighted by Gasteiger charge is -2.44. The molecule has 192 valence electrons. The Hall–Kier alpha value is -3.59. The van der Waals surface area contributed by atoms with Gasteiger partial charge in [0.05, 0.1) is 18.8 Å². The van der Waals surface area contributed by atoms with Crippen molar-refractivity contribution in [1.82, 2.24) is 34.4 Å². The third-order valence-corrected chi connectivity index (χ3v) is 7.32. The molecule has 3 aliphatic rings. The molecule has 4 aromatic heterocycles. The van der Waals surface area contributed by atoms with Crippen LogP contribution in [-0.2, 0) is 6.54 Å². The highest BCUT2D eigenvalue weighted by Crippen LogP contribution is 2.31. The fourth-order valence-corrected chi connectivity index (χ4v) is 5.37. The maximum Gasteiger partial charge on any atom is 0.318 e. The summed E-state index contributed by atoms with van der Waals surface area (Å²) in [5.74, 6) is 2.12. The van der Waals surface area contributed by atoms with Crippen molar-refractivity contribution in [2.24, 2.45) is 5.92 Å². The predicted molar refractivity (Wildman–Crippen MR) is 141 cm³/mol. The highest BCUT2D eigenvalue weighted by atomic mass is 16.5. The third kappa shape index (κ3) is 4.87. The first-order valence-electron chi connectivity index (χ1n) is 13.2. The van der Waals surface area contributed by atoms with Gasteiger partial charge in [0.1, 0.15) is 17.4 Å². The molecule has 0 N–H and O–H groups in total. The summed E-state index contributed by atoms with van der Waals surface area (Å²) in [5, 5.41) is 0. The third-order valence-electron chi connectivity index (χ3n) is 7.32. The minimum Gasteiger partial charge on any atom is -0.473 e. The van der Waals surface area contributed by atoms with E-state index in [1.807, 2.05) is 38.5 Å². The molecule has 2 bridgehead atoms. The highest BCUT2D eigenvalue weighted by Gasteiger charge is 2.35. The van der Waals surface area contributed by atoms with E-state index in [4.69, 9.17) is 19.4 Å². The summed E-state index contributed by atoms with van der Waals surface area (Å²) in [6, 6.07) is 6.53. The van der Waals surface area contributed by atoms with Gasteiger partial charge in [0.2, 0.25) is 5.88 Å². The van der Waals surface area contributed by atoms with Gasteiger partial charge in [0, 0.05) is 36.8 Å². The molecule has 7 heterocycles. The maximum absolute atomic E-state index is 6.31. The molecule has 1 atom stereocenters. The van der Waals surface area contributed by atoms with E-state index in [9.17, 15) is 0 Å². The average molecular weight is 500 g/mol. The molecule has 0 aliphatic carbocycles. The molecule has 3 fully saturated rings. The summed E-state index contributed by atoms with van der Waals surface area (Å²) in [6.07, 6.45) is 9.14. The molecule has 0 saturated carbocycles. The van der Waals surface area contributed by atoms with Gasteiger partial charge in [-0.25, -0.2) is 9.97 Å². The zero-order valence-corrected chi connectivity index (χ0v) is 21.7. The van der Waals surface area contributed by atoms with Crippen LogP contribution in [-0.4, -0.2) is 66.7 Å². The smallest absolute Gasteiger partial charge is 0.318 e. The quantitative estimate of drug-likeness (QED) is 0.356. The molecule has 0 aromatic carbocycles. The Morgan fingerprint density at radius 2 is 1.89 bits per heavy atom. The van der Waals surface area contributed by atoms with Crippen LogP contribution < -0.4 is 9.47 Å². The average Bonchev–Trinajstić information content (AvgIpc) is 3.28. The monoisotopic (exact) mass is 499 g/mol. The number of hydrogen-bond acceptors (Lipinski definition) is 8. The topological polar surface area (TPSA) is 91.1 Å². The van der Waals surface area contributed by atoms with Gasteiger partial charge in [-0.1, -0.05) is 13.0 Å². The predicted octanol–water partition coefficient (Wildman–Crippen LogP) is 4.21. The molecule has 37 heavy (non-hydrogen) atoms. The number of nitrogens with zero attached hydrogens (tertiary/aromatic N) is 7. The Bertz CT molecular complexity index is 1390. The summed E-state index contributed by atoms with van der Waals surface area (Å²) >= 11 is 0. The van der Waals surface area contributed by atoms with Gasteiger partial charge >= 0.3 is 6.01 Å². The molecule has 0 amide bonds. The molecular formula is C28H33N7O2. The number of pyridine rings is 2. The highest BCUT2D eigenvalue weighted by molar-refractivity contribution is 5.79. The van der Waals surface area contributed by atoms with E-state index in [1.54, 1.807) is 0 Å². The van der Waals surface area contributed by atoms with Gasteiger partial charge in [-0.2, -0.15) is 9.97 Å². The van der Waals surface area contributed by atoms with Crippen molar-refractivity contribution in [3.05, 3.63) is 53.6 Å². The molecule has 0 radical (unpaired) electrons. The summed E-state index contributed by atoms with van der Waals surface area (Å²) in [7, 11) is 0. The van der Waals surface area contributed by atoms with Crippen molar-refractivity contribution in [2.45, 2.75) is 52.7 Å². The van der Waals surface area contributed by atoms with Crippen molar-refractivity contribution in [3.8, 4) is 23.3 Å². The first-order chi connectivity index (χ1) is 18.1. The number of hydrogen-bond donors (Lipinski definition) is 0. The lowest BCUT2D eigenvalue weighted by Crippen LogP contribution is -2.52. The Kier molecular flexibility index (Phi) is 6.46. The largest absolute Gasteiger partial charge is 0.473 e. The first kappa shape index (κ1) is 23.8. The van der Waals surface area contributed by atoms with Crippen LogP contribution in [0.4, 0.5) is 0 Å². The molecule has 3 aliphatic heterocycles. The van der Waals surface area contributed by atoms with Crippen LogP contribution >= 0.6 is 0 Å².